The van der Waals surface area contributed by atoms with Gasteiger partial charge in [0.05, 0.1) is 18.9 Å². The summed E-state index contributed by atoms with van der Waals surface area (Å²) >= 11 is 0. The Morgan fingerprint density at radius 3 is 2.09 bits per heavy atom. The van der Waals surface area contributed by atoms with Gasteiger partial charge in [-0.15, -0.1) is 0 Å². The van der Waals surface area contributed by atoms with E-state index in [0.29, 0.717) is 11.3 Å². The smallest absolute Gasteiger partial charge is 0.409 e. The van der Waals surface area contributed by atoms with Crippen molar-refractivity contribution in [3.8, 4) is 11.6 Å². The highest BCUT2D eigenvalue weighted by Crippen LogP contribution is 2.27. The molecule has 4 rings (SSSR count). The number of carbonyl (C=O) groups excluding carboxylic acids is 4. The molecule has 2 heterocycles. The highest BCUT2D eigenvalue weighted by Gasteiger charge is 2.32. The summed E-state index contributed by atoms with van der Waals surface area (Å²) in [4.78, 5) is 66.4. The molecule has 3 aromatic rings. The molecule has 1 fully saturated rings. The van der Waals surface area contributed by atoms with Gasteiger partial charge in [-0.3, -0.25) is 14.4 Å². The number of benzene rings is 2. The van der Waals surface area contributed by atoms with Crippen LogP contribution in [0.1, 0.15) is 48.8 Å². The molecule has 46 heavy (non-hydrogen) atoms. The molecule has 1 unspecified atom stereocenters. The van der Waals surface area contributed by atoms with E-state index in [1.165, 1.54) is 20.5 Å². The first-order chi connectivity index (χ1) is 22.2. The molecule has 14 heteroatoms. The molecule has 1 saturated heterocycles. The van der Waals surface area contributed by atoms with E-state index in [-0.39, 0.29) is 63.8 Å². The number of carboxylic acid groups (broad SMARTS) is 1. The number of rotatable bonds is 13. The van der Waals surface area contributed by atoms with Gasteiger partial charge in [-0.25, -0.2) is 14.3 Å². The fourth-order valence-electron chi connectivity index (χ4n) is 4.83. The van der Waals surface area contributed by atoms with Crippen LogP contribution in [0.2, 0.25) is 0 Å². The number of amides is 3. The lowest BCUT2D eigenvalue weighted by Gasteiger charge is -2.35. The summed E-state index contributed by atoms with van der Waals surface area (Å²) in [6, 6.07) is 17.7. The van der Waals surface area contributed by atoms with Gasteiger partial charge in [0.15, 0.2) is 5.69 Å². The number of esters is 1. The van der Waals surface area contributed by atoms with Gasteiger partial charge < -0.3 is 34.4 Å². The predicted octanol–water partition coefficient (Wildman–Crippen LogP) is 2.82. The van der Waals surface area contributed by atoms with Gasteiger partial charge in [-0.2, -0.15) is 5.10 Å². The van der Waals surface area contributed by atoms with E-state index in [2.05, 4.69) is 10.4 Å². The van der Waals surface area contributed by atoms with E-state index in [4.69, 9.17) is 14.2 Å². The number of aliphatic carboxylic acids is 1. The summed E-state index contributed by atoms with van der Waals surface area (Å²) in [6.07, 6.45) is -2.19. The van der Waals surface area contributed by atoms with Crippen LogP contribution in [0.3, 0.4) is 0 Å². The maximum atomic E-state index is 13.6. The zero-order valence-electron chi connectivity index (χ0n) is 25.7. The first-order valence-corrected chi connectivity index (χ1v) is 15.0. The lowest BCUT2D eigenvalue weighted by molar-refractivity contribution is -0.152. The molecule has 0 spiro atoms. The summed E-state index contributed by atoms with van der Waals surface area (Å²) in [6.45, 7) is 4.57. The lowest BCUT2D eigenvalue weighted by Crippen LogP contribution is -2.56. The molecule has 0 aliphatic carbocycles. The summed E-state index contributed by atoms with van der Waals surface area (Å²) < 4.78 is 17.8. The quantitative estimate of drug-likeness (QED) is 0.266. The normalized spacial score (nSPS) is 14.1. The molecule has 3 amide bonds. The third kappa shape index (κ3) is 8.61. The van der Waals surface area contributed by atoms with Crippen LogP contribution in [0.5, 0.6) is 5.88 Å². The Labute approximate surface area is 265 Å². The average molecular weight is 636 g/mol. The van der Waals surface area contributed by atoms with Crippen LogP contribution in [0.25, 0.3) is 5.69 Å². The minimum atomic E-state index is -1.18. The van der Waals surface area contributed by atoms with Crippen LogP contribution in [0.4, 0.5) is 4.79 Å². The molecule has 0 radical (unpaired) electrons. The maximum Gasteiger partial charge on any atom is 0.409 e. The van der Waals surface area contributed by atoms with E-state index in [0.717, 1.165) is 0 Å². The lowest BCUT2D eigenvalue weighted by atomic mass is 10.1. The number of hydrogen-bond donors (Lipinski definition) is 2. The third-order valence-corrected chi connectivity index (χ3v) is 7.12. The number of nitrogens with one attached hydrogen (secondary N) is 1. The van der Waals surface area contributed by atoms with Crippen molar-refractivity contribution < 1.29 is 43.3 Å². The van der Waals surface area contributed by atoms with Crippen LogP contribution in [-0.4, -0.2) is 100.0 Å². The van der Waals surface area contributed by atoms with E-state index < -0.39 is 42.0 Å². The van der Waals surface area contributed by atoms with Crippen LogP contribution in [-0.2, 0) is 23.9 Å². The Hall–Kier alpha value is -5.40. The predicted molar refractivity (Wildman–Crippen MR) is 163 cm³/mol. The number of aromatic nitrogens is 2. The highest BCUT2D eigenvalue weighted by atomic mass is 16.6. The van der Waals surface area contributed by atoms with E-state index in [1.807, 2.05) is 0 Å². The van der Waals surface area contributed by atoms with E-state index in [1.54, 1.807) is 74.5 Å². The van der Waals surface area contributed by atoms with Crippen molar-refractivity contribution in [1.82, 2.24) is 24.9 Å². The molecule has 1 aliphatic rings. The largest absolute Gasteiger partial charge is 0.481 e. The van der Waals surface area contributed by atoms with Gasteiger partial charge in [0.1, 0.15) is 6.04 Å². The van der Waals surface area contributed by atoms with E-state index in [9.17, 15) is 29.1 Å². The molecule has 2 N–H and O–H groups in total. The summed E-state index contributed by atoms with van der Waals surface area (Å²) in [7, 11) is 0. The first kappa shape index (κ1) is 33.5. The molecule has 0 saturated carbocycles. The van der Waals surface area contributed by atoms with Gasteiger partial charge in [0.25, 0.3) is 5.91 Å². The molecule has 1 aromatic heterocycles. The minimum absolute atomic E-state index is 0.0572. The fraction of sp³-hybridized carbons (Fsp3) is 0.375. The molecule has 1 aliphatic heterocycles. The molecule has 2 atom stereocenters. The Morgan fingerprint density at radius 2 is 1.48 bits per heavy atom. The Bertz CT molecular complexity index is 1500. The van der Waals surface area contributed by atoms with Gasteiger partial charge >= 0.3 is 18.0 Å². The van der Waals surface area contributed by atoms with Crippen molar-refractivity contribution in [2.75, 3.05) is 39.4 Å². The summed E-state index contributed by atoms with van der Waals surface area (Å²) in [5, 5.41) is 16.4. The number of ether oxygens (including phenoxy) is 3. The summed E-state index contributed by atoms with van der Waals surface area (Å²) in [5.41, 5.74) is 0.926. The number of carboxylic acids is 1. The average Bonchev–Trinajstić information content (AvgIpc) is 3.50. The second-order valence-corrected chi connectivity index (χ2v) is 10.2. The topological polar surface area (TPSA) is 170 Å². The number of hydrogen-bond acceptors (Lipinski definition) is 9. The molecule has 244 valence electrons. The molecule has 2 aromatic carbocycles. The zero-order valence-corrected chi connectivity index (χ0v) is 25.7. The monoisotopic (exact) mass is 635 g/mol. The molecule has 0 bridgehead atoms. The highest BCUT2D eigenvalue weighted by molar-refractivity contribution is 5.96. The first-order valence-electron chi connectivity index (χ1n) is 15.0. The number of para-hydroxylation sites is 1. The van der Waals surface area contributed by atoms with E-state index >= 15 is 0 Å². The van der Waals surface area contributed by atoms with Crippen molar-refractivity contribution in [1.29, 1.82) is 0 Å². The van der Waals surface area contributed by atoms with Gasteiger partial charge in [-0.05, 0) is 32.4 Å². The van der Waals surface area contributed by atoms with Crippen LogP contribution in [0, 0.1) is 0 Å². The van der Waals surface area contributed by atoms with Gasteiger partial charge in [-0.1, -0.05) is 48.5 Å². The third-order valence-electron chi connectivity index (χ3n) is 7.12. The SMILES string of the molecule is CCOC(=O)C(Oc1cc(C(=O)N[C@@H](CCC(=O)O)C(=O)N2CCN(C(=O)OCC)CC2)nn1-c1ccccc1)c1ccccc1. The maximum absolute atomic E-state index is 13.6. The van der Waals surface area contributed by atoms with Crippen molar-refractivity contribution in [2.45, 2.75) is 38.8 Å². The van der Waals surface area contributed by atoms with Gasteiger partial charge in [0.2, 0.25) is 17.9 Å². The zero-order chi connectivity index (χ0) is 33.1. The number of nitrogens with zero attached hydrogens (tertiary/aromatic N) is 4. The van der Waals surface area contributed by atoms with Crippen molar-refractivity contribution in [2.24, 2.45) is 0 Å². The second kappa shape index (κ2) is 16.1. The second-order valence-electron chi connectivity index (χ2n) is 10.2. The molecular formula is C32H37N5O9. The number of carbonyl (C=O) groups is 5. The Kier molecular flexibility index (Phi) is 11.7. The minimum Gasteiger partial charge on any atom is -0.481 e. The molecular weight excluding hydrogens is 598 g/mol. The van der Waals surface area contributed by atoms with Crippen molar-refractivity contribution >= 4 is 29.8 Å². The number of piperazine rings is 1. The Balaban J connectivity index is 1.59. The van der Waals surface area contributed by atoms with Crippen LogP contribution >= 0.6 is 0 Å². The molecule has 14 nitrogen and oxygen atoms in total. The van der Waals surface area contributed by atoms with Crippen LogP contribution in [0.15, 0.2) is 66.7 Å². The standard InChI is InChI=1S/C32H37N5O9/c1-3-44-31(42)28(22-11-7-5-8-12-22)46-26-21-25(34-37(26)23-13-9-6-10-14-23)29(40)33-24(15-16-27(38)39)30(41)35-17-19-36(20-18-35)32(43)45-4-2/h5-14,21,24,28H,3-4,15-20H2,1-2H3,(H,33,40)(H,38,39)/t24-,28?/m0/s1. The van der Waals surface area contributed by atoms with Crippen molar-refractivity contribution in [3.63, 3.8) is 0 Å². The van der Waals surface area contributed by atoms with Crippen molar-refractivity contribution in [3.05, 3.63) is 78.0 Å². The fourth-order valence-corrected chi connectivity index (χ4v) is 4.83. The summed E-state index contributed by atoms with van der Waals surface area (Å²) in [5.74, 6) is -2.94. The Morgan fingerprint density at radius 1 is 0.870 bits per heavy atom. The van der Waals surface area contributed by atoms with Gasteiger partial charge in [0, 0.05) is 44.2 Å². The van der Waals surface area contributed by atoms with Crippen LogP contribution < -0.4 is 10.1 Å².